The molecule has 1 fully saturated rings. The van der Waals surface area contributed by atoms with Gasteiger partial charge in [-0.15, -0.1) is 0 Å². The first-order valence-electron chi connectivity index (χ1n) is 15.7. The van der Waals surface area contributed by atoms with Crippen LogP contribution in [-0.2, 0) is 9.53 Å². The predicted molar refractivity (Wildman–Crippen MR) is 149 cm³/mol. The Hall–Kier alpha value is -0.530. The molecule has 0 aromatic carbocycles. The van der Waals surface area contributed by atoms with E-state index in [2.05, 4.69) is 13.8 Å². The Kier molecular flexibility index (Phi) is 21.2. The number of esters is 1. The Labute approximate surface area is 214 Å². The molecular formula is C32H62O2. The van der Waals surface area contributed by atoms with Gasteiger partial charge in [0.1, 0.15) is 6.10 Å². The van der Waals surface area contributed by atoms with Gasteiger partial charge >= 0.3 is 5.97 Å². The lowest BCUT2D eigenvalue weighted by Gasteiger charge is -2.20. The van der Waals surface area contributed by atoms with Gasteiger partial charge in [0.05, 0.1) is 0 Å². The van der Waals surface area contributed by atoms with E-state index in [4.69, 9.17) is 4.74 Å². The summed E-state index contributed by atoms with van der Waals surface area (Å²) >= 11 is 0. The van der Waals surface area contributed by atoms with Gasteiger partial charge in [0.25, 0.3) is 0 Å². The average molecular weight is 479 g/mol. The van der Waals surface area contributed by atoms with Crippen molar-refractivity contribution >= 4 is 5.97 Å². The van der Waals surface area contributed by atoms with Crippen LogP contribution >= 0.6 is 0 Å². The number of hydrogen-bond acceptors (Lipinski definition) is 2. The molecular weight excluding hydrogens is 416 g/mol. The fourth-order valence-electron chi connectivity index (χ4n) is 5.82. The molecule has 0 heterocycles. The van der Waals surface area contributed by atoms with Crippen LogP contribution in [0.15, 0.2) is 0 Å². The maximum Gasteiger partial charge on any atom is 0.302 e. The monoisotopic (exact) mass is 478 g/mol. The van der Waals surface area contributed by atoms with E-state index in [0.29, 0.717) is 0 Å². The van der Waals surface area contributed by atoms with Crippen LogP contribution in [-0.4, -0.2) is 12.1 Å². The van der Waals surface area contributed by atoms with Crippen LogP contribution in [0.1, 0.15) is 181 Å². The quantitative estimate of drug-likeness (QED) is 0.136. The lowest BCUT2D eigenvalue weighted by atomic mass is 9.88. The zero-order valence-electron chi connectivity index (χ0n) is 23.7. The highest BCUT2D eigenvalue weighted by Crippen LogP contribution is 2.26. The van der Waals surface area contributed by atoms with Crippen LogP contribution in [0, 0.1) is 11.8 Å². The Morgan fingerprint density at radius 1 is 0.618 bits per heavy atom. The number of ether oxygens (including phenoxy) is 1. The molecule has 0 aromatic heterocycles. The van der Waals surface area contributed by atoms with Crippen LogP contribution in [0.25, 0.3) is 0 Å². The molecule has 0 bridgehead atoms. The SMILES string of the molecule is CC(=O)O[C@H](CCCCCCCCCCCCC(C)C)CCCCC1CCCCCCCCC1. The van der Waals surface area contributed by atoms with Crippen molar-refractivity contribution < 1.29 is 9.53 Å². The van der Waals surface area contributed by atoms with E-state index < -0.39 is 0 Å². The number of carbonyl (C=O) groups is 1. The topological polar surface area (TPSA) is 26.3 Å². The highest BCUT2D eigenvalue weighted by Gasteiger charge is 2.14. The molecule has 0 aliphatic heterocycles. The van der Waals surface area contributed by atoms with Gasteiger partial charge < -0.3 is 4.74 Å². The molecule has 1 rings (SSSR count). The average Bonchev–Trinajstić information content (AvgIpc) is 2.80. The maximum absolute atomic E-state index is 11.6. The van der Waals surface area contributed by atoms with Gasteiger partial charge in [-0.3, -0.25) is 4.79 Å². The standard InChI is InChI=1S/C32H62O2/c1-29(2)23-17-13-9-6-4-5-7-12-16-20-27-32(34-30(3)33)28-22-21-26-31-24-18-14-10-8-11-15-19-25-31/h29,31-32H,4-28H2,1-3H3/t32-/m1/s1. The summed E-state index contributed by atoms with van der Waals surface area (Å²) in [5.41, 5.74) is 0. The third-order valence-corrected chi connectivity index (χ3v) is 8.00. The van der Waals surface area contributed by atoms with E-state index in [1.54, 1.807) is 6.92 Å². The molecule has 1 aliphatic carbocycles. The molecule has 2 nitrogen and oxygen atoms in total. The third kappa shape index (κ3) is 20.8. The summed E-state index contributed by atoms with van der Waals surface area (Å²) in [5, 5.41) is 0. The number of unbranched alkanes of at least 4 members (excludes halogenated alkanes) is 10. The van der Waals surface area contributed by atoms with Crippen molar-refractivity contribution in [2.75, 3.05) is 0 Å². The van der Waals surface area contributed by atoms with E-state index in [1.165, 1.54) is 148 Å². The molecule has 0 spiro atoms. The van der Waals surface area contributed by atoms with Crippen LogP contribution in [0.4, 0.5) is 0 Å². The second kappa shape index (κ2) is 22.9. The summed E-state index contributed by atoms with van der Waals surface area (Å²) in [7, 11) is 0. The molecule has 0 N–H and O–H groups in total. The Morgan fingerprint density at radius 2 is 1.03 bits per heavy atom. The van der Waals surface area contributed by atoms with E-state index in [1.807, 2.05) is 0 Å². The fourth-order valence-corrected chi connectivity index (χ4v) is 5.82. The van der Waals surface area contributed by atoms with Gasteiger partial charge in [-0.25, -0.2) is 0 Å². The second-order valence-electron chi connectivity index (χ2n) is 11.9. The summed E-state index contributed by atoms with van der Waals surface area (Å²) in [5.74, 6) is 1.72. The Morgan fingerprint density at radius 3 is 1.50 bits per heavy atom. The van der Waals surface area contributed by atoms with Crippen LogP contribution in [0.3, 0.4) is 0 Å². The van der Waals surface area contributed by atoms with Gasteiger partial charge in [0.2, 0.25) is 0 Å². The van der Waals surface area contributed by atoms with Crippen LogP contribution in [0.5, 0.6) is 0 Å². The van der Waals surface area contributed by atoms with E-state index in [-0.39, 0.29) is 12.1 Å². The van der Waals surface area contributed by atoms with Crippen molar-refractivity contribution in [3.8, 4) is 0 Å². The number of rotatable bonds is 19. The zero-order chi connectivity index (χ0) is 24.7. The summed E-state index contributed by atoms with van der Waals surface area (Å²) in [4.78, 5) is 11.6. The minimum absolute atomic E-state index is 0.0919. The van der Waals surface area contributed by atoms with E-state index in [0.717, 1.165) is 24.7 Å². The first kappa shape index (κ1) is 31.5. The highest BCUT2D eigenvalue weighted by molar-refractivity contribution is 5.66. The first-order chi connectivity index (χ1) is 16.6. The van der Waals surface area contributed by atoms with Gasteiger partial charge in [0.15, 0.2) is 0 Å². The number of carbonyl (C=O) groups excluding carboxylic acids is 1. The van der Waals surface area contributed by atoms with Crippen LogP contribution in [0.2, 0.25) is 0 Å². The van der Waals surface area contributed by atoms with Crippen molar-refractivity contribution in [2.24, 2.45) is 11.8 Å². The minimum Gasteiger partial charge on any atom is -0.463 e. The maximum atomic E-state index is 11.6. The van der Waals surface area contributed by atoms with Crippen molar-refractivity contribution in [1.29, 1.82) is 0 Å². The molecule has 202 valence electrons. The summed E-state index contributed by atoms with van der Waals surface area (Å²) < 4.78 is 5.68. The molecule has 1 atom stereocenters. The first-order valence-corrected chi connectivity index (χ1v) is 15.7. The minimum atomic E-state index is -0.0919. The van der Waals surface area contributed by atoms with Crippen molar-refractivity contribution in [3.05, 3.63) is 0 Å². The molecule has 1 saturated carbocycles. The third-order valence-electron chi connectivity index (χ3n) is 8.00. The second-order valence-corrected chi connectivity index (χ2v) is 11.9. The molecule has 0 amide bonds. The van der Waals surface area contributed by atoms with Crippen molar-refractivity contribution in [2.45, 2.75) is 187 Å². The Balaban J connectivity index is 2.04. The smallest absolute Gasteiger partial charge is 0.302 e. The molecule has 0 radical (unpaired) electrons. The van der Waals surface area contributed by atoms with Gasteiger partial charge in [-0.2, -0.15) is 0 Å². The Bertz CT molecular complexity index is 434. The fraction of sp³-hybridized carbons (Fsp3) is 0.969. The largest absolute Gasteiger partial charge is 0.463 e. The summed E-state index contributed by atoms with van der Waals surface area (Å²) in [6.07, 6.45) is 34.4. The molecule has 0 saturated heterocycles. The predicted octanol–water partition coefficient (Wildman–Crippen LogP) is 11.0. The van der Waals surface area contributed by atoms with E-state index >= 15 is 0 Å². The van der Waals surface area contributed by atoms with Gasteiger partial charge in [-0.05, 0) is 37.5 Å². The van der Waals surface area contributed by atoms with Crippen LogP contribution < -0.4 is 0 Å². The molecule has 0 aromatic rings. The van der Waals surface area contributed by atoms with Gasteiger partial charge in [0, 0.05) is 6.92 Å². The summed E-state index contributed by atoms with van der Waals surface area (Å²) in [6.45, 7) is 6.24. The lowest BCUT2D eigenvalue weighted by Crippen LogP contribution is -2.16. The van der Waals surface area contributed by atoms with E-state index in [9.17, 15) is 4.79 Å². The zero-order valence-corrected chi connectivity index (χ0v) is 23.7. The van der Waals surface area contributed by atoms with Crippen molar-refractivity contribution in [3.63, 3.8) is 0 Å². The molecule has 1 aliphatic rings. The lowest BCUT2D eigenvalue weighted by molar-refractivity contribution is -0.147. The van der Waals surface area contributed by atoms with Crippen molar-refractivity contribution in [1.82, 2.24) is 0 Å². The molecule has 34 heavy (non-hydrogen) atoms. The molecule has 2 heteroatoms. The number of hydrogen-bond donors (Lipinski definition) is 0. The van der Waals surface area contributed by atoms with Gasteiger partial charge in [-0.1, -0.05) is 149 Å². The normalized spacial score (nSPS) is 17.1. The molecule has 0 unspecified atom stereocenters. The highest BCUT2D eigenvalue weighted by atomic mass is 16.5. The summed E-state index contributed by atoms with van der Waals surface area (Å²) in [6, 6.07) is 0.